The Bertz CT molecular complexity index is 326. The molecule has 1 fully saturated rings. The first-order chi connectivity index (χ1) is 6.70. The Balaban J connectivity index is 1.95. The minimum Gasteiger partial charge on any atom is -0.382 e. The van der Waals surface area contributed by atoms with Gasteiger partial charge in [-0.3, -0.25) is 0 Å². The molecule has 14 heavy (non-hydrogen) atoms. The highest BCUT2D eigenvalue weighted by Crippen LogP contribution is 2.27. The van der Waals surface area contributed by atoms with Crippen LogP contribution in [0.4, 0.5) is 5.69 Å². The van der Waals surface area contributed by atoms with Crippen LogP contribution in [0.5, 0.6) is 0 Å². The molecule has 1 aliphatic rings. The summed E-state index contributed by atoms with van der Waals surface area (Å²) in [5.74, 6) is 0. The second-order valence-corrected chi connectivity index (χ2v) is 4.36. The fourth-order valence-corrected chi connectivity index (χ4v) is 1.57. The standard InChI is InChI=1S/C10H13ClN2O/c1-10(6-14-7-10)5-13-8-3-2-4-12-9(8)11/h2-4,13H,5-7H2,1H3. The second-order valence-electron chi connectivity index (χ2n) is 4.00. The summed E-state index contributed by atoms with van der Waals surface area (Å²) in [5.41, 5.74) is 1.14. The molecule has 2 rings (SSSR count). The van der Waals surface area contributed by atoms with Crippen LogP contribution in [0, 0.1) is 5.41 Å². The third-order valence-corrected chi connectivity index (χ3v) is 2.67. The van der Waals surface area contributed by atoms with Crippen molar-refractivity contribution in [1.82, 2.24) is 4.98 Å². The molecule has 2 heterocycles. The van der Waals surface area contributed by atoms with Crippen LogP contribution < -0.4 is 5.32 Å². The van der Waals surface area contributed by atoms with Gasteiger partial charge in [-0.05, 0) is 12.1 Å². The van der Waals surface area contributed by atoms with Gasteiger partial charge in [0.2, 0.25) is 0 Å². The van der Waals surface area contributed by atoms with Gasteiger partial charge in [0.15, 0.2) is 5.15 Å². The lowest BCUT2D eigenvalue weighted by molar-refractivity contribution is -0.0924. The molecule has 1 aromatic rings. The van der Waals surface area contributed by atoms with E-state index < -0.39 is 0 Å². The van der Waals surface area contributed by atoms with Crippen molar-refractivity contribution in [3.05, 3.63) is 23.5 Å². The SMILES string of the molecule is CC1(CNc2cccnc2Cl)COC1. The summed E-state index contributed by atoms with van der Waals surface area (Å²) >= 11 is 5.91. The predicted octanol–water partition coefficient (Wildman–Crippen LogP) is 2.18. The number of ether oxygens (including phenoxy) is 1. The molecular weight excluding hydrogens is 200 g/mol. The lowest BCUT2D eigenvalue weighted by Gasteiger charge is -2.38. The number of pyridine rings is 1. The molecule has 0 amide bonds. The number of halogens is 1. The molecule has 0 aliphatic carbocycles. The van der Waals surface area contributed by atoms with Crippen molar-refractivity contribution in [2.45, 2.75) is 6.92 Å². The van der Waals surface area contributed by atoms with Gasteiger partial charge in [-0.2, -0.15) is 0 Å². The van der Waals surface area contributed by atoms with Crippen LogP contribution in [0.25, 0.3) is 0 Å². The molecule has 1 saturated heterocycles. The lowest BCUT2D eigenvalue weighted by Crippen LogP contribution is -2.45. The van der Waals surface area contributed by atoms with Crippen molar-refractivity contribution in [2.24, 2.45) is 5.41 Å². The Labute approximate surface area is 88.4 Å². The van der Waals surface area contributed by atoms with E-state index in [-0.39, 0.29) is 5.41 Å². The summed E-state index contributed by atoms with van der Waals surface area (Å²) in [4.78, 5) is 4.00. The molecule has 4 heteroatoms. The van der Waals surface area contributed by atoms with Crippen LogP contribution in [0.1, 0.15) is 6.92 Å². The number of anilines is 1. The monoisotopic (exact) mass is 212 g/mol. The zero-order valence-corrected chi connectivity index (χ0v) is 8.84. The van der Waals surface area contributed by atoms with E-state index in [1.165, 1.54) is 0 Å². The Hall–Kier alpha value is -0.800. The van der Waals surface area contributed by atoms with Gasteiger partial charge in [0.05, 0.1) is 18.9 Å². The first-order valence-corrected chi connectivity index (χ1v) is 5.00. The smallest absolute Gasteiger partial charge is 0.152 e. The van der Waals surface area contributed by atoms with Crippen molar-refractivity contribution in [2.75, 3.05) is 25.1 Å². The summed E-state index contributed by atoms with van der Waals surface area (Å²) in [6.45, 7) is 4.70. The minimum absolute atomic E-state index is 0.249. The van der Waals surface area contributed by atoms with Crippen LogP contribution in [0.2, 0.25) is 5.15 Å². The van der Waals surface area contributed by atoms with E-state index in [1.54, 1.807) is 6.20 Å². The van der Waals surface area contributed by atoms with Gasteiger partial charge in [-0.15, -0.1) is 0 Å². The van der Waals surface area contributed by atoms with Crippen LogP contribution in [-0.2, 0) is 4.74 Å². The van der Waals surface area contributed by atoms with E-state index in [1.807, 2.05) is 12.1 Å². The van der Waals surface area contributed by atoms with E-state index in [4.69, 9.17) is 16.3 Å². The normalized spacial score (nSPS) is 18.7. The summed E-state index contributed by atoms with van der Waals surface area (Å²) in [5, 5.41) is 3.81. The molecule has 0 spiro atoms. The predicted molar refractivity (Wildman–Crippen MR) is 56.7 cm³/mol. The molecular formula is C10H13ClN2O. The number of rotatable bonds is 3. The number of nitrogens with one attached hydrogen (secondary N) is 1. The van der Waals surface area contributed by atoms with Gasteiger partial charge in [-0.1, -0.05) is 18.5 Å². The van der Waals surface area contributed by atoms with Crippen molar-refractivity contribution in [3.63, 3.8) is 0 Å². The van der Waals surface area contributed by atoms with Gasteiger partial charge in [0.1, 0.15) is 0 Å². The zero-order valence-electron chi connectivity index (χ0n) is 8.09. The molecule has 0 saturated carbocycles. The molecule has 76 valence electrons. The van der Waals surface area contributed by atoms with E-state index >= 15 is 0 Å². The third kappa shape index (κ3) is 1.99. The fraction of sp³-hybridized carbons (Fsp3) is 0.500. The highest BCUT2D eigenvalue weighted by molar-refractivity contribution is 6.31. The minimum atomic E-state index is 0.249. The quantitative estimate of drug-likeness (QED) is 0.780. The van der Waals surface area contributed by atoms with E-state index in [0.717, 1.165) is 25.4 Å². The molecule has 3 nitrogen and oxygen atoms in total. The van der Waals surface area contributed by atoms with Crippen molar-refractivity contribution >= 4 is 17.3 Å². The maximum atomic E-state index is 5.91. The van der Waals surface area contributed by atoms with E-state index in [2.05, 4.69) is 17.2 Å². The zero-order chi connectivity index (χ0) is 10.0. The summed E-state index contributed by atoms with van der Waals surface area (Å²) in [6.07, 6.45) is 1.68. The topological polar surface area (TPSA) is 34.2 Å². The summed E-state index contributed by atoms with van der Waals surface area (Å²) < 4.78 is 5.17. The van der Waals surface area contributed by atoms with Gasteiger partial charge in [-0.25, -0.2) is 4.98 Å². The molecule has 0 bridgehead atoms. The average Bonchev–Trinajstić information content (AvgIpc) is 2.14. The highest BCUT2D eigenvalue weighted by Gasteiger charge is 2.33. The van der Waals surface area contributed by atoms with E-state index in [9.17, 15) is 0 Å². The first-order valence-electron chi connectivity index (χ1n) is 4.62. The number of hydrogen-bond donors (Lipinski definition) is 1. The molecule has 1 N–H and O–H groups in total. The first kappa shape index (κ1) is 9.74. The van der Waals surface area contributed by atoms with Crippen LogP contribution in [0.3, 0.4) is 0 Å². The molecule has 0 atom stereocenters. The van der Waals surface area contributed by atoms with Crippen LogP contribution in [-0.4, -0.2) is 24.7 Å². The maximum Gasteiger partial charge on any atom is 0.152 e. The van der Waals surface area contributed by atoms with Crippen molar-refractivity contribution in [3.8, 4) is 0 Å². The summed E-state index contributed by atoms with van der Waals surface area (Å²) in [6, 6.07) is 3.80. The summed E-state index contributed by atoms with van der Waals surface area (Å²) in [7, 11) is 0. The molecule has 0 radical (unpaired) electrons. The van der Waals surface area contributed by atoms with Crippen molar-refractivity contribution in [1.29, 1.82) is 0 Å². The Morgan fingerprint density at radius 2 is 2.43 bits per heavy atom. The average molecular weight is 213 g/mol. The number of aromatic nitrogens is 1. The van der Waals surface area contributed by atoms with E-state index in [0.29, 0.717) is 5.15 Å². The van der Waals surface area contributed by atoms with Gasteiger partial charge >= 0.3 is 0 Å². The van der Waals surface area contributed by atoms with Gasteiger partial charge < -0.3 is 10.1 Å². The second kappa shape index (κ2) is 3.75. The Kier molecular flexibility index (Phi) is 2.61. The van der Waals surface area contributed by atoms with Crippen molar-refractivity contribution < 1.29 is 4.74 Å². The maximum absolute atomic E-state index is 5.91. The molecule has 0 unspecified atom stereocenters. The fourth-order valence-electron chi connectivity index (χ4n) is 1.38. The Morgan fingerprint density at radius 1 is 1.64 bits per heavy atom. The molecule has 1 aliphatic heterocycles. The number of nitrogens with zero attached hydrogens (tertiary/aromatic N) is 1. The third-order valence-electron chi connectivity index (χ3n) is 2.37. The molecule has 0 aromatic carbocycles. The van der Waals surface area contributed by atoms with Crippen LogP contribution >= 0.6 is 11.6 Å². The molecule has 1 aromatic heterocycles. The van der Waals surface area contributed by atoms with Crippen LogP contribution in [0.15, 0.2) is 18.3 Å². The largest absolute Gasteiger partial charge is 0.382 e. The highest BCUT2D eigenvalue weighted by atomic mass is 35.5. The van der Waals surface area contributed by atoms with Gasteiger partial charge in [0.25, 0.3) is 0 Å². The lowest BCUT2D eigenvalue weighted by atomic mass is 9.89. The Morgan fingerprint density at radius 3 is 3.00 bits per heavy atom. The van der Waals surface area contributed by atoms with Gasteiger partial charge in [0, 0.05) is 18.2 Å². The number of hydrogen-bond acceptors (Lipinski definition) is 3.